The van der Waals surface area contributed by atoms with E-state index in [1.54, 1.807) is 19.1 Å². The molecule has 1 rings (SSSR count). The molecule has 1 aliphatic rings. The predicted molar refractivity (Wildman–Crippen MR) is 71.5 cm³/mol. The molecule has 1 fully saturated rings. The third kappa shape index (κ3) is 3.48. The molecule has 0 aliphatic heterocycles. The average molecular weight is 249 g/mol. The van der Waals surface area contributed by atoms with Crippen LogP contribution in [0.5, 0.6) is 0 Å². The molecule has 0 aromatic heterocycles. The maximum atomic E-state index is 11.7. The Morgan fingerprint density at radius 1 is 1.44 bits per heavy atom. The van der Waals surface area contributed by atoms with Gasteiger partial charge in [0.1, 0.15) is 5.82 Å². The number of carbonyl (C=O) groups excluding carboxylic acids is 1. The summed E-state index contributed by atoms with van der Waals surface area (Å²) in [7, 11) is 1.29. The summed E-state index contributed by atoms with van der Waals surface area (Å²) in [6.45, 7) is 5.65. The smallest absolute Gasteiger partial charge is 0.357 e. The van der Waals surface area contributed by atoms with Gasteiger partial charge in [0.2, 0.25) is 0 Å². The van der Waals surface area contributed by atoms with Crippen molar-refractivity contribution in [2.45, 2.75) is 19.8 Å². The summed E-state index contributed by atoms with van der Waals surface area (Å²) < 4.78 is 4.70. The molecule has 0 bridgehead atoms. The molecule has 0 heterocycles. The first kappa shape index (κ1) is 14.0. The summed E-state index contributed by atoms with van der Waals surface area (Å²) in [6, 6.07) is 0. The number of hydrogen-bond acceptors (Lipinski definition) is 5. The van der Waals surface area contributed by atoms with Gasteiger partial charge in [-0.2, -0.15) is 0 Å². The van der Waals surface area contributed by atoms with Crippen LogP contribution in [-0.2, 0) is 9.53 Å². The van der Waals surface area contributed by atoms with Crippen molar-refractivity contribution in [1.29, 1.82) is 0 Å². The molecule has 0 amide bonds. The van der Waals surface area contributed by atoms with E-state index in [1.807, 2.05) is 0 Å². The number of ether oxygens (including phenoxy) is 1. The molecule has 0 aromatic carbocycles. The van der Waals surface area contributed by atoms with Crippen molar-refractivity contribution in [3.63, 3.8) is 0 Å². The van der Waals surface area contributed by atoms with Crippen molar-refractivity contribution in [2.75, 3.05) is 7.11 Å². The number of aliphatic imine (C=N–C) groups is 1. The number of rotatable bonds is 5. The Balaban J connectivity index is 3.15. The minimum absolute atomic E-state index is 0.0286. The summed E-state index contributed by atoms with van der Waals surface area (Å²) in [4.78, 5) is 16.0. The number of hydrogen-bond donors (Lipinski definition) is 2. The van der Waals surface area contributed by atoms with Crippen molar-refractivity contribution < 1.29 is 9.53 Å². The molecule has 1 aliphatic carbocycles. The maximum absolute atomic E-state index is 11.7. The van der Waals surface area contributed by atoms with Crippen LogP contribution in [0.3, 0.4) is 0 Å². The van der Waals surface area contributed by atoms with Gasteiger partial charge in [-0.3, -0.25) is 0 Å². The monoisotopic (exact) mass is 249 g/mol. The van der Waals surface area contributed by atoms with E-state index in [-0.39, 0.29) is 11.5 Å². The molecule has 4 N–H and O–H groups in total. The summed E-state index contributed by atoms with van der Waals surface area (Å²) >= 11 is 0. The van der Waals surface area contributed by atoms with E-state index < -0.39 is 5.97 Å². The van der Waals surface area contributed by atoms with Crippen LogP contribution >= 0.6 is 0 Å². The van der Waals surface area contributed by atoms with E-state index in [1.165, 1.54) is 7.11 Å². The minimum atomic E-state index is -0.571. The van der Waals surface area contributed by atoms with Crippen molar-refractivity contribution in [2.24, 2.45) is 22.4 Å². The molecule has 0 atom stereocenters. The van der Waals surface area contributed by atoms with E-state index in [2.05, 4.69) is 11.6 Å². The second-order valence-electron chi connectivity index (χ2n) is 4.09. The fourth-order valence-corrected chi connectivity index (χ4v) is 1.44. The standard InChI is InChI=1S/C13H19N3O2/c1-4-5-10(12(14)15)11(13(17)18-3)16-8(2)9-6-7-9/h4-5,9H,2,6-7,14-15H2,1,3H3/b5-4-,16-11+. The Hall–Kier alpha value is -2.04. The highest BCUT2D eigenvalue weighted by Crippen LogP contribution is 2.36. The van der Waals surface area contributed by atoms with Crippen molar-refractivity contribution in [3.8, 4) is 0 Å². The topological polar surface area (TPSA) is 90.7 Å². The molecule has 0 radical (unpaired) electrons. The maximum Gasteiger partial charge on any atom is 0.357 e. The zero-order valence-electron chi connectivity index (χ0n) is 10.8. The van der Waals surface area contributed by atoms with Crippen molar-refractivity contribution >= 4 is 11.7 Å². The van der Waals surface area contributed by atoms with Gasteiger partial charge in [-0.25, -0.2) is 9.79 Å². The summed E-state index contributed by atoms with van der Waals surface area (Å²) in [5.74, 6) is -0.186. The quantitative estimate of drug-likeness (QED) is 0.435. The number of esters is 1. The van der Waals surface area contributed by atoms with Gasteiger partial charge in [0.15, 0.2) is 5.71 Å². The van der Waals surface area contributed by atoms with E-state index >= 15 is 0 Å². The zero-order chi connectivity index (χ0) is 13.7. The molecule has 18 heavy (non-hydrogen) atoms. The molecule has 0 aromatic rings. The largest absolute Gasteiger partial charge is 0.464 e. The number of nitrogens with two attached hydrogens (primary N) is 2. The molecule has 5 nitrogen and oxygen atoms in total. The molecule has 0 spiro atoms. The van der Waals surface area contributed by atoms with Crippen LogP contribution in [0.2, 0.25) is 0 Å². The minimum Gasteiger partial charge on any atom is -0.464 e. The highest BCUT2D eigenvalue weighted by Gasteiger charge is 2.26. The Bertz CT molecular complexity index is 439. The van der Waals surface area contributed by atoms with E-state index in [0.717, 1.165) is 12.8 Å². The molecule has 1 saturated carbocycles. The van der Waals surface area contributed by atoms with Crippen LogP contribution in [0.1, 0.15) is 19.8 Å². The van der Waals surface area contributed by atoms with Crippen LogP contribution in [0.25, 0.3) is 0 Å². The number of allylic oxidation sites excluding steroid dienone is 3. The van der Waals surface area contributed by atoms with Gasteiger partial charge < -0.3 is 16.2 Å². The van der Waals surface area contributed by atoms with Crippen LogP contribution in [-0.4, -0.2) is 18.8 Å². The Kier molecular flexibility index (Phi) is 4.71. The summed E-state index contributed by atoms with van der Waals surface area (Å²) in [5.41, 5.74) is 12.3. The first-order valence-electron chi connectivity index (χ1n) is 5.75. The molecule has 5 heteroatoms. The van der Waals surface area contributed by atoms with Crippen molar-refractivity contribution in [3.05, 3.63) is 35.8 Å². The summed E-state index contributed by atoms with van der Waals surface area (Å²) in [6.07, 6.45) is 5.47. The summed E-state index contributed by atoms with van der Waals surface area (Å²) in [5, 5.41) is 0. The normalized spacial score (nSPS) is 15.6. The zero-order valence-corrected chi connectivity index (χ0v) is 10.8. The first-order chi connectivity index (χ1) is 8.51. The second-order valence-corrected chi connectivity index (χ2v) is 4.09. The SMILES string of the molecule is C=C(/N=C(/C(=O)OC)C(/C=C\C)=C(N)N)C1CC1. The van der Waals surface area contributed by atoms with E-state index in [9.17, 15) is 4.79 Å². The molecule has 0 unspecified atom stereocenters. The molecule has 98 valence electrons. The molecular formula is C13H19N3O2. The average Bonchev–Trinajstić information content (AvgIpc) is 3.16. The second kappa shape index (κ2) is 6.05. The third-order valence-electron chi connectivity index (χ3n) is 2.58. The fourth-order valence-electron chi connectivity index (χ4n) is 1.44. The lowest BCUT2D eigenvalue weighted by Gasteiger charge is -2.08. The van der Waals surface area contributed by atoms with E-state index in [0.29, 0.717) is 17.2 Å². The Morgan fingerprint density at radius 3 is 2.44 bits per heavy atom. The van der Waals surface area contributed by atoms with Gasteiger partial charge in [-0.1, -0.05) is 18.7 Å². The Morgan fingerprint density at radius 2 is 2.06 bits per heavy atom. The molecular weight excluding hydrogens is 230 g/mol. The van der Waals surface area contributed by atoms with E-state index in [4.69, 9.17) is 16.2 Å². The van der Waals surface area contributed by atoms with Gasteiger partial charge in [-0.05, 0) is 19.8 Å². The lowest BCUT2D eigenvalue weighted by Crippen LogP contribution is -2.24. The van der Waals surface area contributed by atoms with Gasteiger partial charge in [0, 0.05) is 17.2 Å². The fraction of sp³-hybridized carbons (Fsp3) is 0.385. The van der Waals surface area contributed by atoms with Crippen LogP contribution in [0, 0.1) is 5.92 Å². The van der Waals surface area contributed by atoms with Gasteiger partial charge in [0.25, 0.3) is 0 Å². The third-order valence-corrected chi connectivity index (χ3v) is 2.58. The lowest BCUT2D eigenvalue weighted by atomic mass is 10.1. The highest BCUT2D eigenvalue weighted by molar-refractivity contribution is 6.44. The van der Waals surface area contributed by atoms with Crippen LogP contribution < -0.4 is 11.5 Å². The predicted octanol–water partition coefficient (Wildman–Crippen LogP) is 1.23. The van der Waals surface area contributed by atoms with Crippen LogP contribution in [0.4, 0.5) is 0 Å². The lowest BCUT2D eigenvalue weighted by molar-refractivity contribution is -0.132. The van der Waals surface area contributed by atoms with Crippen molar-refractivity contribution in [1.82, 2.24) is 0 Å². The van der Waals surface area contributed by atoms with Gasteiger partial charge in [-0.15, -0.1) is 0 Å². The highest BCUT2D eigenvalue weighted by atomic mass is 16.5. The van der Waals surface area contributed by atoms with Gasteiger partial charge >= 0.3 is 5.97 Å². The first-order valence-corrected chi connectivity index (χ1v) is 5.75. The number of carbonyl (C=O) groups is 1. The molecule has 0 saturated heterocycles. The van der Waals surface area contributed by atoms with Crippen LogP contribution in [0.15, 0.2) is 40.8 Å². The Labute approximate surface area is 107 Å². The van der Waals surface area contributed by atoms with Gasteiger partial charge in [0.05, 0.1) is 7.11 Å². The number of nitrogens with zero attached hydrogens (tertiary/aromatic N) is 1. The number of methoxy groups -OCH3 is 1.